The van der Waals surface area contributed by atoms with Gasteiger partial charge in [0, 0.05) is 12.3 Å². The molecule has 2 aliphatic rings. The van der Waals surface area contributed by atoms with E-state index in [1.54, 1.807) is 0 Å². The Labute approximate surface area is 139 Å². The van der Waals surface area contributed by atoms with Gasteiger partial charge >= 0.3 is 0 Å². The van der Waals surface area contributed by atoms with Gasteiger partial charge in [-0.15, -0.1) is 24.0 Å². The molecule has 5 nitrogen and oxygen atoms in total. The lowest BCUT2D eigenvalue weighted by Gasteiger charge is -2.25. The highest BCUT2D eigenvalue weighted by Crippen LogP contribution is 2.36. The van der Waals surface area contributed by atoms with Gasteiger partial charge in [-0.05, 0) is 25.7 Å². The first-order chi connectivity index (χ1) is 8.93. The van der Waals surface area contributed by atoms with Crippen molar-refractivity contribution < 1.29 is 8.42 Å². The van der Waals surface area contributed by atoms with E-state index in [2.05, 4.69) is 10.3 Å². The van der Waals surface area contributed by atoms with Crippen molar-refractivity contribution in [3.8, 4) is 0 Å². The van der Waals surface area contributed by atoms with Gasteiger partial charge in [0.1, 0.15) is 0 Å². The minimum atomic E-state index is -3.08. The third-order valence-corrected chi connectivity index (χ3v) is 6.66. The molecule has 20 heavy (non-hydrogen) atoms. The van der Waals surface area contributed by atoms with E-state index in [1.165, 1.54) is 19.1 Å². The van der Waals surface area contributed by atoms with Crippen LogP contribution >= 0.6 is 24.0 Å². The second-order valence-electron chi connectivity index (χ2n) is 5.99. The van der Waals surface area contributed by atoms with Crippen molar-refractivity contribution in [2.45, 2.75) is 62.2 Å². The molecule has 0 saturated heterocycles. The van der Waals surface area contributed by atoms with E-state index in [0.717, 1.165) is 25.7 Å². The lowest BCUT2D eigenvalue weighted by Crippen LogP contribution is -2.42. The lowest BCUT2D eigenvalue weighted by atomic mass is 10.1. The number of halogens is 1. The molecule has 0 unspecified atom stereocenters. The number of hydrogen-bond acceptors (Lipinski definition) is 3. The highest BCUT2D eigenvalue weighted by molar-refractivity contribution is 14.0. The van der Waals surface area contributed by atoms with Crippen LogP contribution in [-0.2, 0) is 9.84 Å². The molecule has 2 saturated carbocycles. The molecule has 0 spiro atoms. The summed E-state index contributed by atoms with van der Waals surface area (Å²) >= 11 is 0. The average Bonchev–Trinajstić information content (AvgIpc) is 2.96. The van der Waals surface area contributed by atoms with Crippen LogP contribution in [0.5, 0.6) is 0 Å². The monoisotopic (exact) mass is 415 g/mol. The summed E-state index contributed by atoms with van der Waals surface area (Å²) in [5.41, 5.74) is 5.88. The van der Waals surface area contributed by atoms with Crippen molar-refractivity contribution in [2.75, 3.05) is 12.8 Å². The summed E-state index contributed by atoms with van der Waals surface area (Å²) in [6.45, 7) is 0.303. The van der Waals surface area contributed by atoms with E-state index in [-0.39, 0.29) is 24.0 Å². The fourth-order valence-electron chi connectivity index (χ4n) is 3.22. The Hall–Kier alpha value is -0.0500. The molecule has 0 aromatic rings. The second-order valence-corrected chi connectivity index (χ2v) is 8.40. The van der Waals surface area contributed by atoms with E-state index >= 15 is 0 Å². The first kappa shape index (κ1) is 18.0. The molecule has 0 aromatic heterocycles. The first-order valence-electron chi connectivity index (χ1n) is 7.19. The smallest absolute Gasteiger partial charge is 0.188 e. The molecule has 2 fully saturated rings. The molecule has 0 bridgehead atoms. The zero-order chi connectivity index (χ0) is 13.9. The van der Waals surface area contributed by atoms with Crippen molar-refractivity contribution in [2.24, 2.45) is 10.7 Å². The van der Waals surface area contributed by atoms with E-state index in [9.17, 15) is 8.42 Å². The number of hydrogen-bond donors (Lipinski definition) is 2. The number of sulfone groups is 1. The highest BCUT2D eigenvalue weighted by Gasteiger charge is 2.43. The van der Waals surface area contributed by atoms with Gasteiger partial charge in [0.2, 0.25) is 0 Å². The maximum Gasteiger partial charge on any atom is 0.188 e. The molecule has 118 valence electrons. The molecular weight excluding hydrogens is 389 g/mol. The minimum Gasteiger partial charge on any atom is -0.370 e. The number of nitrogens with two attached hydrogens (primary N) is 1. The molecule has 0 radical (unpaired) electrons. The number of nitrogens with zero attached hydrogens (tertiary/aromatic N) is 1. The van der Waals surface area contributed by atoms with E-state index in [4.69, 9.17) is 5.73 Å². The van der Waals surface area contributed by atoms with Crippen LogP contribution in [0.4, 0.5) is 0 Å². The molecule has 2 aliphatic carbocycles. The zero-order valence-electron chi connectivity index (χ0n) is 12.1. The van der Waals surface area contributed by atoms with Gasteiger partial charge in [0.15, 0.2) is 15.8 Å². The average molecular weight is 415 g/mol. The lowest BCUT2D eigenvalue weighted by molar-refractivity contribution is 0.519. The van der Waals surface area contributed by atoms with Crippen LogP contribution in [0.1, 0.15) is 51.4 Å². The Balaban J connectivity index is 0.00000200. The van der Waals surface area contributed by atoms with Crippen molar-refractivity contribution in [3.05, 3.63) is 0 Å². The van der Waals surface area contributed by atoms with E-state index in [1.807, 2.05) is 0 Å². The van der Waals surface area contributed by atoms with Crippen molar-refractivity contribution in [1.29, 1.82) is 0 Å². The maximum absolute atomic E-state index is 12.0. The third-order valence-electron chi connectivity index (χ3n) is 4.55. The fraction of sp³-hybridized carbons (Fsp3) is 0.923. The topological polar surface area (TPSA) is 84.5 Å². The van der Waals surface area contributed by atoms with Gasteiger partial charge in [-0.3, -0.25) is 4.99 Å². The van der Waals surface area contributed by atoms with Gasteiger partial charge in [0.05, 0.1) is 11.3 Å². The van der Waals surface area contributed by atoms with Crippen molar-refractivity contribution in [1.82, 2.24) is 5.32 Å². The molecule has 3 N–H and O–H groups in total. The van der Waals surface area contributed by atoms with Gasteiger partial charge < -0.3 is 11.1 Å². The van der Waals surface area contributed by atoms with Crippen molar-refractivity contribution in [3.63, 3.8) is 0 Å². The summed E-state index contributed by atoms with van der Waals surface area (Å²) in [6.07, 6.45) is 9.43. The van der Waals surface area contributed by atoms with Gasteiger partial charge in [-0.2, -0.15) is 0 Å². The third kappa shape index (κ3) is 4.22. The summed E-state index contributed by atoms with van der Waals surface area (Å²) < 4.78 is 23.3. The summed E-state index contributed by atoms with van der Waals surface area (Å²) in [6, 6.07) is 0.418. The van der Waals surface area contributed by atoms with Crippen LogP contribution in [0.25, 0.3) is 0 Å². The number of nitrogens with one attached hydrogen (secondary N) is 1. The van der Waals surface area contributed by atoms with Gasteiger partial charge in [0.25, 0.3) is 0 Å². The van der Waals surface area contributed by atoms with Crippen LogP contribution < -0.4 is 11.1 Å². The SMILES string of the molecule is CS(=O)(=O)C1(CN=C(N)NC2CCCC2)CCCC1.I. The summed E-state index contributed by atoms with van der Waals surface area (Å²) in [4.78, 5) is 4.31. The Bertz CT molecular complexity index is 439. The predicted molar refractivity (Wildman–Crippen MR) is 93.3 cm³/mol. The Morgan fingerprint density at radius 3 is 2.30 bits per heavy atom. The van der Waals surface area contributed by atoms with Crippen LogP contribution in [0, 0.1) is 0 Å². The number of aliphatic imine (C=N–C) groups is 1. The summed E-state index contributed by atoms with van der Waals surface area (Å²) in [5, 5.41) is 3.20. The van der Waals surface area contributed by atoms with E-state index < -0.39 is 14.6 Å². The molecular formula is C13H26IN3O2S. The molecule has 7 heteroatoms. The molecule has 0 aromatic carbocycles. The second kappa shape index (κ2) is 7.29. The minimum absolute atomic E-state index is 0. The summed E-state index contributed by atoms with van der Waals surface area (Å²) in [5.74, 6) is 0.404. The predicted octanol–water partition coefficient (Wildman–Crippen LogP) is 1.81. The largest absolute Gasteiger partial charge is 0.370 e. The van der Waals surface area contributed by atoms with Crippen LogP contribution in [0.2, 0.25) is 0 Å². The first-order valence-corrected chi connectivity index (χ1v) is 9.08. The Morgan fingerprint density at radius 1 is 1.25 bits per heavy atom. The fourth-order valence-corrected chi connectivity index (χ4v) is 4.55. The number of guanidine groups is 1. The zero-order valence-corrected chi connectivity index (χ0v) is 15.2. The molecule has 0 aliphatic heterocycles. The maximum atomic E-state index is 12.0. The molecule has 2 rings (SSSR count). The van der Waals surface area contributed by atoms with Crippen molar-refractivity contribution >= 4 is 39.8 Å². The van der Waals surface area contributed by atoms with Crippen LogP contribution in [0.3, 0.4) is 0 Å². The van der Waals surface area contributed by atoms with Crippen LogP contribution in [0.15, 0.2) is 4.99 Å². The normalized spacial score (nSPS) is 23.6. The quantitative estimate of drug-likeness (QED) is 0.417. The van der Waals surface area contributed by atoms with Gasteiger partial charge in [-0.1, -0.05) is 25.7 Å². The molecule has 0 atom stereocenters. The standard InChI is InChI=1S/C13H25N3O2S.HI/c1-19(17,18)13(8-4-5-9-13)10-15-12(14)16-11-6-2-3-7-11;/h11H,2-10H2,1H3,(H3,14,15,16);1H. The van der Waals surface area contributed by atoms with Gasteiger partial charge in [-0.25, -0.2) is 8.42 Å². The molecule has 0 amide bonds. The number of rotatable bonds is 4. The molecule has 0 heterocycles. The Morgan fingerprint density at radius 2 is 1.80 bits per heavy atom. The Kier molecular flexibility index (Phi) is 6.56. The summed E-state index contributed by atoms with van der Waals surface area (Å²) in [7, 11) is -3.08. The van der Waals surface area contributed by atoms with Crippen LogP contribution in [-0.4, -0.2) is 38.0 Å². The highest BCUT2D eigenvalue weighted by atomic mass is 127. The van der Waals surface area contributed by atoms with E-state index in [0.29, 0.717) is 31.4 Å².